The number of aliphatic hydroxyl groups excluding tert-OH is 9. The van der Waals surface area contributed by atoms with Gasteiger partial charge in [-0.1, -0.05) is 70.4 Å². The lowest BCUT2D eigenvalue weighted by molar-refractivity contribution is -0.180. The third-order valence-electron chi connectivity index (χ3n) is 11.6. The van der Waals surface area contributed by atoms with Crippen LogP contribution in [0.1, 0.15) is 96.8 Å². The Morgan fingerprint density at radius 3 is 1.55 bits per heavy atom. The van der Waals surface area contributed by atoms with E-state index in [-0.39, 0.29) is 131 Å². The molecule has 0 aromatic heterocycles. The van der Waals surface area contributed by atoms with Gasteiger partial charge in [0.05, 0.1) is 138 Å². The Morgan fingerprint density at radius 1 is 0.513 bits per heavy atom. The average Bonchev–Trinajstić information content (AvgIpc) is 3.40. The zero-order valence-electron chi connectivity index (χ0n) is 46.2. The molecule has 1 rings (SSSR count). The van der Waals surface area contributed by atoms with E-state index in [9.17, 15) is 45.6 Å². The topological polar surface area (TPSA) is 313 Å². The molecule has 0 aromatic rings. The van der Waals surface area contributed by atoms with Gasteiger partial charge in [-0.15, -0.1) is 0 Å². The summed E-state index contributed by atoms with van der Waals surface area (Å²) in [5.74, 6) is -0.379. The number of aliphatic hydroxyl groups is 9. The Morgan fingerprint density at radius 2 is 0.974 bits per heavy atom. The van der Waals surface area contributed by atoms with Gasteiger partial charge in [-0.05, 0) is 46.2 Å². The first-order chi connectivity index (χ1) is 36.8. The van der Waals surface area contributed by atoms with Gasteiger partial charge in [-0.25, -0.2) is 0 Å². The monoisotopic (exact) mass is 1110 g/mol. The maximum Gasteiger partial charge on any atom is 0.305 e. The number of unbranched alkanes of at least 4 members (excludes halogenated alkanes) is 11. The highest BCUT2D eigenvalue weighted by Crippen LogP contribution is 2.13. The molecule has 1 aliphatic rings. The summed E-state index contributed by atoms with van der Waals surface area (Å²) in [5.41, 5.74) is 0. The molecule has 1 saturated heterocycles. The van der Waals surface area contributed by atoms with Crippen molar-refractivity contribution < 1.29 is 108 Å². The summed E-state index contributed by atoms with van der Waals surface area (Å²) in [5, 5.41) is 88.9. The van der Waals surface area contributed by atoms with Crippen molar-refractivity contribution in [2.45, 2.75) is 164 Å². The van der Waals surface area contributed by atoms with Gasteiger partial charge in [0.15, 0.2) is 0 Å². The number of nitrogens with zero attached hydrogens (tertiary/aromatic N) is 1. The number of rotatable bonds is 55. The fraction of sp³-hybridized carbons (Fsp3) is 0.943. The van der Waals surface area contributed by atoms with Crippen LogP contribution < -0.4 is 0 Å². The number of carbonyl (C=O) groups excluding carboxylic acids is 1. The highest BCUT2D eigenvalue weighted by Gasteiger charge is 2.26. The van der Waals surface area contributed by atoms with Gasteiger partial charge in [0.25, 0.3) is 0 Å². The maximum absolute atomic E-state index is 12.4. The van der Waals surface area contributed by atoms with E-state index in [2.05, 4.69) is 19.1 Å². The zero-order valence-corrected chi connectivity index (χ0v) is 46.2. The van der Waals surface area contributed by atoms with Gasteiger partial charge < -0.3 is 108 Å². The minimum absolute atomic E-state index is 0.00000418. The van der Waals surface area contributed by atoms with Gasteiger partial charge in [0.1, 0.15) is 67.6 Å². The van der Waals surface area contributed by atoms with E-state index < -0.39 is 87.0 Å². The Kier molecular flexibility index (Phi) is 47.9. The first-order valence-corrected chi connectivity index (χ1v) is 27.7. The number of likely N-dealkylation sites (N-methyl/N-ethyl adjacent to an activating group) is 1. The van der Waals surface area contributed by atoms with Crippen LogP contribution in [0.25, 0.3) is 0 Å². The van der Waals surface area contributed by atoms with Crippen LogP contribution in [0.5, 0.6) is 0 Å². The molecule has 9 N–H and O–H groups in total. The van der Waals surface area contributed by atoms with Crippen molar-refractivity contribution in [3.63, 3.8) is 0 Å². The number of carbonyl (C=O) groups is 1. The average molecular weight is 1110 g/mol. The summed E-state index contributed by atoms with van der Waals surface area (Å²) in [6.45, 7) is -0.419. The Bertz CT molecular complexity index is 1310. The minimum atomic E-state index is -1.20. The lowest BCUT2D eigenvalue weighted by Crippen LogP contribution is -2.42. The smallest absolute Gasteiger partial charge is 0.305 e. The summed E-state index contributed by atoms with van der Waals surface area (Å²) in [6, 6.07) is 0. The second kappa shape index (κ2) is 50.3. The Balaban J connectivity index is 2.73. The predicted octanol–water partition coefficient (Wildman–Crippen LogP) is 0.310. The molecule has 0 aliphatic carbocycles. The molecule has 1 fully saturated rings. The highest BCUT2D eigenvalue weighted by atomic mass is 16.6. The molecule has 0 bridgehead atoms. The summed E-state index contributed by atoms with van der Waals surface area (Å²) in [7, 11) is 3.64. The molecule has 23 heteroatoms. The largest absolute Gasteiger partial charge is 0.463 e. The third kappa shape index (κ3) is 43.2. The van der Waals surface area contributed by atoms with Gasteiger partial charge in [0, 0.05) is 13.0 Å². The van der Waals surface area contributed by atoms with E-state index in [0.29, 0.717) is 13.0 Å². The zero-order chi connectivity index (χ0) is 55.9. The fourth-order valence-corrected chi connectivity index (χ4v) is 7.47. The van der Waals surface area contributed by atoms with E-state index in [1.807, 2.05) is 19.0 Å². The van der Waals surface area contributed by atoms with Crippen LogP contribution in [0.15, 0.2) is 12.2 Å². The van der Waals surface area contributed by atoms with Gasteiger partial charge in [-0.3, -0.25) is 4.79 Å². The van der Waals surface area contributed by atoms with E-state index >= 15 is 0 Å². The van der Waals surface area contributed by atoms with Crippen LogP contribution in [-0.2, 0) is 61.6 Å². The molecule has 0 saturated carbocycles. The normalized spacial score (nSPS) is 18.9. The third-order valence-corrected chi connectivity index (χ3v) is 11.6. The summed E-state index contributed by atoms with van der Waals surface area (Å²) in [4.78, 5) is 14.2. The van der Waals surface area contributed by atoms with E-state index in [1.54, 1.807) is 0 Å². The van der Waals surface area contributed by atoms with E-state index in [4.69, 9.17) is 61.9 Å². The quantitative estimate of drug-likeness (QED) is 0.0225. The van der Waals surface area contributed by atoms with Crippen molar-refractivity contribution >= 4 is 5.97 Å². The molecule has 1 aliphatic heterocycles. The van der Waals surface area contributed by atoms with Crippen molar-refractivity contribution in [2.75, 3.05) is 159 Å². The molecule has 11 atom stereocenters. The van der Waals surface area contributed by atoms with E-state index in [0.717, 1.165) is 38.5 Å². The highest BCUT2D eigenvalue weighted by molar-refractivity contribution is 5.69. The molecule has 1 heterocycles. The first kappa shape index (κ1) is 72.4. The molecule has 11 unspecified atom stereocenters. The van der Waals surface area contributed by atoms with Crippen molar-refractivity contribution in [3.8, 4) is 0 Å². The molecule has 0 amide bonds. The summed E-state index contributed by atoms with van der Waals surface area (Å²) in [6.07, 6.45) is 10.4. The SMILES string of the molecule is CCCCCCCC/C=C\CCCCCCCC(=O)OCC(CO)OCC(O)COCC(COCC(COCC(O)COCC(O)CO)OC(COCC(O)CN(C)C)COCC1COCC(CO)O1)OCC(O)CO. The van der Waals surface area contributed by atoms with Crippen LogP contribution >= 0.6 is 0 Å². The van der Waals surface area contributed by atoms with Crippen LogP contribution in [-0.4, -0.2) is 283 Å². The predicted molar refractivity (Wildman–Crippen MR) is 280 cm³/mol. The summed E-state index contributed by atoms with van der Waals surface area (Å²) < 4.78 is 69.0. The number of hydrogen-bond acceptors (Lipinski definition) is 23. The lowest BCUT2D eigenvalue weighted by atomic mass is 10.1. The Labute approximate surface area is 452 Å². The second-order valence-electron chi connectivity index (χ2n) is 19.7. The van der Waals surface area contributed by atoms with Crippen LogP contribution in [0, 0.1) is 0 Å². The molecule has 0 aromatic carbocycles. The number of esters is 1. The van der Waals surface area contributed by atoms with Crippen molar-refractivity contribution in [3.05, 3.63) is 12.2 Å². The Hall–Kier alpha value is -1.63. The first-order valence-electron chi connectivity index (χ1n) is 27.7. The number of allylic oxidation sites excluding steroid dienone is 2. The molecule has 0 spiro atoms. The molecule has 23 nitrogen and oxygen atoms in total. The second-order valence-corrected chi connectivity index (χ2v) is 19.7. The summed E-state index contributed by atoms with van der Waals surface area (Å²) >= 11 is 0. The number of hydrogen-bond donors (Lipinski definition) is 9. The maximum atomic E-state index is 12.4. The van der Waals surface area contributed by atoms with Crippen LogP contribution in [0.2, 0.25) is 0 Å². The number of ether oxygens (including phenoxy) is 12. The van der Waals surface area contributed by atoms with Crippen LogP contribution in [0.3, 0.4) is 0 Å². The van der Waals surface area contributed by atoms with Gasteiger partial charge in [0.2, 0.25) is 0 Å². The van der Waals surface area contributed by atoms with Crippen molar-refractivity contribution in [1.82, 2.24) is 4.90 Å². The standard InChI is InChI=1S/C53H103NO22/c1-4-5-6-7-8-9-10-11-12-13-14-15-16-17-18-19-53(64)74-41-47(23-57)72-31-46(63)29-67-33-49(73-30-44(61)22-56)34-70-39-52(36-68-28-45(62)27-65-26-43(60)21-55)76-51(35-66-25-42(59)20-54(2)3)40-71-38-50-37-69-32-48(24-58)75-50/h11-12,42-52,55-63H,4-10,13-41H2,1-3H3/b12-11-. The van der Waals surface area contributed by atoms with Crippen molar-refractivity contribution in [2.24, 2.45) is 0 Å². The van der Waals surface area contributed by atoms with Crippen molar-refractivity contribution in [1.29, 1.82) is 0 Å². The molecule has 76 heavy (non-hydrogen) atoms. The van der Waals surface area contributed by atoms with E-state index in [1.165, 1.54) is 38.5 Å². The van der Waals surface area contributed by atoms with Gasteiger partial charge in [-0.2, -0.15) is 0 Å². The van der Waals surface area contributed by atoms with Gasteiger partial charge >= 0.3 is 5.97 Å². The van der Waals surface area contributed by atoms with Crippen LogP contribution in [0.4, 0.5) is 0 Å². The molecule has 0 radical (unpaired) electrons. The molecular formula is C53H103NO22. The molecular weight excluding hydrogens is 1000 g/mol. The molecule has 452 valence electrons. The lowest BCUT2D eigenvalue weighted by Gasteiger charge is -2.30. The fourth-order valence-electron chi connectivity index (χ4n) is 7.47. The minimum Gasteiger partial charge on any atom is -0.463 e.